The van der Waals surface area contributed by atoms with E-state index in [9.17, 15) is 10.4 Å². The average Bonchev–Trinajstić information content (AvgIpc) is 2.85. The number of aromatic nitrogens is 1. The summed E-state index contributed by atoms with van der Waals surface area (Å²) >= 11 is 6.26. The molecule has 0 saturated carbocycles. The first-order valence-corrected chi connectivity index (χ1v) is 8.00. The smallest absolute Gasteiger partial charge is 0.142 e. The van der Waals surface area contributed by atoms with E-state index < -0.39 is 0 Å². The minimum absolute atomic E-state index is 0.0657. The summed E-state index contributed by atoms with van der Waals surface area (Å²) in [5.74, 6) is 0.353. The predicted molar refractivity (Wildman–Crippen MR) is 93.4 cm³/mol. The number of benzene rings is 1. The maximum Gasteiger partial charge on any atom is 0.142 e. The number of nitrogens with two attached hydrogens (primary N) is 1. The van der Waals surface area contributed by atoms with Crippen molar-refractivity contribution in [2.24, 2.45) is 0 Å². The zero-order chi connectivity index (χ0) is 17.4. The summed E-state index contributed by atoms with van der Waals surface area (Å²) in [6, 6.07) is 8.95. The fourth-order valence-corrected chi connectivity index (χ4v) is 3.47. The van der Waals surface area contributed by atoms with Crippen LogP contribution in [0.5, 0.6) is 5.75 Å². The molecule has 0 spiro atoms. The Balaban J connectivity index is 2.20. The average molecular weight is 344 g/mol. The molecule has 5 N–H and O–H groups in total. The summed E-state index contributed by atoms with van der Waals surface area (Å²) in [6.45, 7) is 4.12. The van der Waals surface area contributed by atoms with Crippen LogP contribution in [-0.4, -0.2) is 22.2 Å². The minimum Gasteiger partial charge on any atom is -0.508 e. The molecule has 1 saturated heterocycles. The van der Waals surface area contributed by atoms with Crippen LogP contribution >= 0.6 is 11.6 Å². The Morgan fingerprint density at radius 3 is 2.46 bits per heavy atom. The third-order valence-electron chi connectivity index (χ3n) is 4.38. The Kier molecular flexibility index (Phi) is 4.33. The van der Waals surface area contributed by atoms with Crippen molar-refractivity contribution in [1.82, 2.24) is 15.8 Å². The summed E-state index contributed by atoms with van der Waals surface area (Å²) in [7, 11) is 0. The van der Waals surface area contributed by atoms with E-state index in [1.54, 1.807) is 6.07 Å². The Labute approximate surface area is 145 Å². The summed E-state index contributed by atoms with van der Waals surface area (Å²) in [6.07, 6.45) is 0. The molecule has 2 aromatic rings. The molecule has 0 aliphatic carbocycles. The normalized spacial score (nSPS) is 23.2. The quantitative estimate of drug-likeness (QED) is 0.667. The van der Waals surface area contributed by atoms with Crippen molar-refractivity contribution in [3.05, 3.63) is 40.5 Å². The van der Waals surface area contributed by atoms with Gasteiger partial charge in [-0.1, -0.05) is 11.6 Å². The van der Waals surface area contributed by atoms with E-state index in [0.717, 1.165) is 5.69 Å². The van der Waals surface area contributed by atoms with Crippen molar-refractivity contribution in [3.8, 4) is 22.9 Å². The number of nitrogens with one attached hydrogen (secondary N) is 2. The molecule has 24 heavy (non-hydrogen) atoms. The molecule has 1 fully saturated rings. The van der Waals surface area contributed by atoms with Crippen molar-refractivity contribution in [2.45, 2.75) is 31.8 Å². The zero-order valence-electron chi connectivity index (χ0n) is 13.3. The molecule has 1 aliphatic rings. The van der Waals surface area contributed by atoms with Crippen LogP contribution in [0.15, 0.2) is 24.3 Å². The second-order valence-electron chi connectivity index (χ2n) is 6.02. The number of pyridine rings is 1. The highest BCUT2D eigenvalue weighted by molar-refractivity contribution is 6.33. The van der Waals surface area contributed by atoms with Gasteiger partial charge in [-0.25, -0.2) is 4.98 Å². The number of nitriles is 1. The molecule has 2 unspecified atom stereocenters. The molecule has 0 radical (unpaired) electrons. The summed E-state index contributed by atoms with van der Waals surface area (Å²) in [4.78, 5) is 4.44. The number of hydrogen-bond donors (Lipinski definition) is 4. The maximum absolute atomic E-state index is 9.56. The number of phenols is 1. The number of rotatable bonds is 2. The molecular weight excluding hydrogens is 326 g/mol. The molecule has 3 rings (SSSR count). The van der Waals surface area contributed by atoms with Gasteiger partial charge in [0.15, 0.2) is 0 Å². The number of anilines is 1. The van der Waals surface area contributed by atoms with E-state index >= 15 is 0 Å². The third kappa shape index (κ3) is 2.78. The van der Waals surface area contributed by atoms with Gasteiger partial charge in [0.25, 0.3) is 0 Å². The minimum atomic E-state index is 0.0657. The van der Waals surface area contributed by atoms with Gasteiger partial charge in [-0.05, 0) is 38.1 Å². The topological polar surface area (TPSA) is 107 Å². The maximum atomic E-state index is 9.56. The van der Waals surface area contributed by atoms with Gasteiger partial charge in [-0.2, -0.15) is 5.26 Å². The SMILES string of the molecule is CC1NNC(C)C1c1cc(-c2ccc(O)cc2Cl)c(C#N)c(N)n1. The van der Waals surface area contributed by atoms with Crippen LogP contribution < -0.4 is 16.6 Å². The van der Waals surface area contributed by atoms with E-state index in [4.69, 9.17) is 17.3 Å². The van der Waals surface area contributed by atoms with E-state index in [2.05, 4.69) is 35.8 Å². The van der Waals surface area contributed by atoms with E-state index in [1.807, 2.05) is 6.07 Å². The highest BCUT2D eigenvalue weighted by Gasteiger charge is 2.33. The first-order valence-electron chi connectivity index (χ1n) is 7.62. The first kappa shape index (κ1) is 16.5. The molecule has 2 heterocycles. The summed E-state index contributed by atoms with van der Waals surface area (Å²) < 4.78 is 0. The Morgan fingerprint density at radius 1 is 1.21 bits per heavy atom. The van der Waals surface area contributed by atoms with Crippen LogP contribution in [0.3, 0.4) is 0 Å². The molecule has 0 bridgehead atoms. The van der Waals surface area contributed by atoms with Gasteiger partial charge in [0.2, 0.25) is 0 Å². The van der Waals surface area contributed by atoms with Gasteiger partial charge < -0.3 is 10.8 Å². The number of nitrogens with zero attached hydrogens (tertiary/aromatic N) is 2. The van der Waals surface area contributed by atoms with Gasteiger partial charge in [-0.15, -0.1) is 0 Å². The Morgan fingerprint density at radius 2 is 1.88 bits per heavy atom. The van der Waals surface area contributed by atoms with E-state index in [-0.39, 0.29) is 35.1 Å². The van der Waals surface area contributed by atoms with Crippen molar-refractivity contribution in [3.63, 3.8) is 0 Å². The summed E-state index contributed by atoms with van der Waals surface area (Å²) in [5, 5.41) is 19.4. The molecule has 6 nitrogen and oxygen atoms in total. The second kappa shape index (κ2) is 6.29. The molecule has 124 valence electrons. The fourth-order valence-electron chi connectivity index (χ4n) is 3.20. The highest BCUT2D eigenvalue weighted by atomic mass is 35.5. The zero-order valence-corrected chi connectivity index (χ0v) is 14.1. The van der Waals surface area contributed by atoms with Crippen molar-refractivity contribution in [2.75, 3.05) is 5.73 Å². The lowest BCUT2D eigenvalue weighted by Gasteiger charge is -2.20. The van der Waals surface area contributed by atoms with Gasteiger partial charge >= 0.3 is 0 Å². The van der Waals surface area contributed by atoms with E-state index in [1.165, 1.54) is 12.1 Å². The Bertz CT molecular complexity index is 822. The fraction of sp³-hybridized carbons (Fsp3) is 0.294. The van der Waals surface area contributed by atoms with Gasteiger partial charge in [-0.3, -0.25) is 10.9 Å². The molecule has 2 atom stereocenters. The Hall–Kier alpha value is -2.33. The third-order valence-corrected chi connectivity index (χ3v) is 4.69. The van der Waals surface area contributed by atoms with Crippen molar-refractivity contribution >= 4 is 17.4 Å². The monoisotopic (exact) mass is 343 g/mol. The molecular formula is C17H18ClN5O. The van der Waals surface area contributed by atoms with Crippen LogP contribution in [0.1, 0.15) is 31.0 Å². The van der Waals surface area contributed by atoms with Gasteiger partial charge in [0, 0.05) is 34.8 Å². The number of halogens is 1. The first-order chi connectivity index (χ1) is 11.4. The van der Waals surface area contributed by atoms with Gasteiger partial charge in [0.1, 0.15) is 23.2 Å². The lowest BCUT2D eigenvalue weighted by atomic mass is 9.89. The van der Waals surface area contributed by atoms with Crippen molar-refractivity contribution in [1.29, 1.82) is 5.26 Å². The van der Waals surface area contributed by atoms with Crippen LogP contribution in [0, 0.1) is 11.3 Å². The van der Waals surface area contributed by atoms with Crippen LogP contribution in [0.25, 0.3) is 11.1 Å². The van der Waals surface area contributed by atoms with Gasteiger partial charge in [0.05, 0.1) is 5.02 Å². The van der Waals surface area contributed by atoms with Crippen molar-refractivity contribution < 1.29 is 5.11 Å². The number of hydrazine groups is 1. The van der Waals surface area contributed by atoms with Crippen LogP contribution in [0.2, 0.25) is 5.02 Å². The number of aromatic hydroxyl groups is 1. The lowest BCUT2D eigenvalue weighted by molar-refractivity contribution is 0.475. The largest absolute Gasteiger partial charge is 0.508 e. The number of phenolic OH excluding ortho intramolecular Hbond substituents is 1. The summed E-state index contributed by atoms with van der Waals surface area (Å²) in [5.41, 5.74) is 14.8. The van der Waals surface area contributed by atoms with Crippen LogP contribution in [-0.2, 0) is 0 Å². The molecule has 1 aliphatic heterocycles. The number of nitrogen functional groups attached to an aromatic ring is 1. The van der Waals surface area contributed by atoms with E-state index in [0.29, 0.717) is 16.1 Å². The number of hydrogen-bond acceptors (Lipinski definition) is 6. The standard InChI is InChI=1S/C17H18ClN5O/c1-8-16(9(2)23-22-8)15-6-12(13(7-19)17(20)21-15)11-4-3-10(24)5-14(11)18/h3-6,8-9,16,22-24H,1-2H3,(H2,20,21). The lowest BCUT2D eigenvalue weighted by Crippen LogP contribution is -2.30. The molecule has 1 aromatic heterocycles. The molecule has 7 heteroatoms. The molecule has 0 amide bonds. The van der Waals surface area contributed by atoms with Crippen LogP contribution in [0.4, 0.5) is 5.82 Å². The predicted octanol–water partition coefficient (Wildman–Crippen LogP) is 2.53. The second-order valence-corrected chi connectivity index (χ2v) is 6.43. The highest BCUT2D eigenvalue weighted by Crippen LogP contribution is 2.37. The molecule has 1 aromatic carbocycles.